The monoisotopic (exact) mass is 614 g/mol. The summed E-state index contributed by atoms with van der Waals surface area (Å²) in [6, 6.07) is 0. The van der Waals surface area contributed by atoms with Gasteiger partial charge in [-0.1, -0.05) is 28.2 Å². The number of allylic oxidation sites excluding steroid dienone is 1. The molecule has 0 N–H and O–H groups in total. The molecule has 6 nitrogen and oxygen atoms in total. The number of nitrogens with zero attached hydrogens (tertiary/aromatic N) is 2. The SMILES string of the molecule is C.C.CC#CC.CN1C(=O)C=CC1=O.CN1C(=O)[CH-]CC1=O.[CH-]=CC.[CH3-].[CH3-].[CH3-].[CH3-].[V+2].[V+2].[V].[V]. The maximum Gasteiger partial charge on any atom is 2.00 e. The quantitative estimate of drug-likeness (QED) is 0.233. The van der Waals surface area contributed by atoms with E-state index >= 15 is 0 Å². The Morgan fingerprint density at radius 3 is 1.18 bits per heavy atom. The van der Waals surface area contributed by atoms with Crippen LogP contribution >= 0.6 is 0 Å². The summed E-state index contributed by atoms with van der Waals surface area (Å²) in [4.78, 5) is 43.9. The van der Waals surface area contributed by atoms with Crippen LogP contribution in [0.15, 0.2) is 18.2 Å². The smallest absolute Gasteiger partial charge is 0.518 e. The Kier molecular flexibility index (Phi) is 114. The van der Waals surface area contributed by atoms with Gasteiger partial charge in [-0.2, -0.15) is 0 Å². The zero-order valence-electron chi connectivity index (χ0n) is 19.9. The molecule has 0 aromatic heterocycles. The van der Waals surface area contributed by atoms with Gasteiger partial charge in [0.15, 0.2) is 5.91 Å². The fourth-order valence-electron chi connectivity index (χ4n) is 1.05. The van der Waals surface area contributed by atoms with Crippen molar-refractivity contribution in [2.75, 3.05) is 14.1 Å². The van der Waals surface area contributed by atoms with Gasteiger partial charge in [0.05, 0.1) is 5.91 Å². The van der Waals surface area contributed by atoms with E-state index in [0.29, 0.717) is 0 Å². The molecule has 190 valence electrons. The molecule has 1 fully saturated rings. The predicted molar refractivity (Wildman–Crippen MR) is 126 cm³/mol. The van der Waals surface area contributed by atoms with E-state index in [1.54, 1.807) is 6.92 Å². The summed E-state index contributed by atoms with van der Waals surface area (Å²) in [6.45, 7) is 10.1. The molecule has 33 heavy (non-hydrogen) atoms. The second-order valence-corrected chi connectivity index (χ2v) is 4.10. The molecule has 0 aromatic carbocycles. The molecule has 2 aliphatic heterocycles. The number of imide groups is 2. The molecule has 0 unspecified atom stereocenters. The second kappa shape index (κ2) is 48.8. The van der Waals surface area contributed by atoms with E-state index < -0.39 is 0 Å². The van der Waals surface area contributed by atoms with Gasteiger partial charge in [0, 0.05) is 63.4 Å². The summed E-state index contributed by atoms with van der Waals surface area (Å²) in [5, 5.41) is 0. The molecule has 2 aliphatic rings. The molecule has 0 aromatic rings. The number of hydrogen-bond donors (Lipinski definition) is 0. The fraction of sp³-hybridized carbons (Fsp3) is 0.348. The van der Waals surface area contributed by atoms with Crippen LogP contribution < -0.4 is 0 Å². The molecule has 4 amide bonds. The van der Waals surface area contributed by atoms with Crippen molar-refractivity contribution in [3.8, 4) is 11.8 Å². The number of rotatable bonds is 0. The van der Waals surface area contributed by atoms with Crippen LogP contribution in [-0.4, -0.2) is 47.5 Å². The van der Waals surface area contributed by atoms with Gasteiger partial charge in [-0.25, -0.2) is 0 Å². The van der Waals surface area contributed by atoms with E-state index in [4.69, 9.17) is 6.58 Å². The first-order valence-electron chi connectivity index (χ1n) is 6.73. The van der Waals surface area contributed by atoms with E-state index in [1.807, 2.05) is 13.8 Å². The molecule has 0 bridgehead atoms. The minimum Gasteiger partial charge on any atom is -0.518 e. The molecular weight excluding hydrogens is 572 g/mol. The van der Waals surface area contributed by atoms with Crippen molar-refractivity contribution < 1.29 is 93.4 Å². The zero-order chi connectivity index (χ0) is 18.4. The summed E-state index contributed by atoms with van der Waals surface area (Å²) >= 11 is 0. The van der Waals surface area contributed by atoms with Gasteiger partial charge in [0.1, 0.15) is 0 Å². The van der Waals surface area contributed by atoms with Crippen LogP contribution in [0.3, 0.4) is 0 Å². The van der Waals surface area contributed by atoms with Crippen molar-refractivity contribution in [1.82, 2.24) is 9.80 Å². The summed E-state index contributed by atoms with van der Waals surface area (Å²) < 4.78 is 0. The van der Waals surface area contributed by atoms with Gasteiger partial charge in [-0.05, 0) is 13.8 Å². The maximum absolute atomic E-state index is 10.5. The minimum absolute atomic E-state index is 0. The summed E-state index contributed by atoms with van der Waals surface area (Å²) in [5.41, 5.74) is 0. The van der Waals surface area contributed by atoms with Crippen LogP contribution in [0.4, 0.5) is 0 Å². The Hall–Kier alpha value is -0.472. The van der Waals surface area contributed by atoms with Gasteiger partial charge in [-0.3, -0.25) is 31.8 Å². The number of likely N-dealkylation sites (N-methyl/N-ethyl adjacent to an activating group) is 1. The maximum atomic E-state index is 10.5. The number of carbonyl (C=O) groups excluding carboxylic acids is 4. The van der Waals surface area contributed by atoms with Gasteiger partial charge in [0.25, 0.3) is 11.8 Å². The standard InChI is InChI=1S/C5H6NO2.C5H5NO2.C4H6.C3H5.2CH4.4CH3.4V/c2*1-6-4(7)2-3-5(6)8;1-3-4-2;1-3-2;;;;;;;;;;/h2H,3H2,1H3;2-3H,1H3;1-2H3;1,3H,2H3;2*1H4;4*1H3;;;;/q-1;;;-1;;;4*-1;;;2*+2. The predicted octanol–water partition coefficient (Wildman–Crippen LogP) is 4.21. The van der Waals surface area contributed by atoms with E-state index in [1.165, 1.54) is 38.7 Å². The molecule has 0 saturated carbocycles. The first-order chi connectivity index (χ1) is 10.8. The van der Waals surface area contributed by atoms with Gasteiger partial charge >= 0.3 is 37.1 Å². The van der Waals surface area contributed by atoms with Crippen LogP contribution in [0, 0.1) is 54.5 Å². The Morgan fingerprint density at radius 2 is 1.12 bits per heavy atom. The van der Waals surface area contributed by atoms with Gasteiger partial charge in [0.2, 0.25) is 0 Å². The fourth-order valence-corrected chi connectivity index (χ4v) is 1.05. The largest absolute Gasteiger partial charge is 2.00 e. The summed E-state index contributed by atoms with van der Waals surface area (Å²) in [6.07, 6.45) is 5.66. The molecule has 4 radical (unpaired) electrons. The van der Waals surface area contributed by atoms with Crippen LogP contribution in [0.2, 0.25) is 0 Å². The third-order valence-corrected chi connectivity index (χ3v) is 2.44. The van der Waals surface area contributed by atoms with Crippen LogP contribution in [0.25, 0.3) is 0 Å². The Bertz CT molecular complexity index is 518. The molecule has 2 heterocycles. The molecule has 10 heteroatoms. The molecule has 0 spiro atoms. The second-order valence-electron chi connectivity index (χ2n) is 4.10. The van der Waals surface area contributed by atoms with E-state index in [9.17, 15) is 19.2 Å². The zero-order valence-corrected chi connectivity index (χ0v) is 25.5. The van der Waals surface area contributed by atoms with Crippen molar-refractivity contribution in [3.05, 3.63) is 60.9 Å². The Balaban J connectivity index is -0.0000000170. The summed E-state index contributed by atoms with van der Waals surface area (Å²) in [5.74, 6) is 4.58. The van der Waals surface area contributed by atoms with Crippen LogP contribution in [0.5, 0.6) is 0 Å². The third kappa shape index (κ3) is 39.1. The number of hydrogen-bond acceptors (Lipinski definition) is 4. The molecule has 2 rings (SSSR count). The first-order valence-corrected chi connectivity index (χ1v) is 6.73. The van der Waals surface area contributed by atoms with Crippen molar-refractivity contribution in [2.45, 2.75) is 42.0 Å². The minimum atomic E-state index is -0.241. The van der Waals surface area contributed by atoms with E-state index in [0.717, 1.165) is 9.80 Å². The normalized spacial score (nSPS) is 9.97. The van der Waals surface area contributed by atoms with Crippen LogP contribution in [-0.2, 0) is 93.4 Å². The summed E-state index contributed by atoms with van der Waals surface area (Å²) in [7, 11) is 2.93. The number of amides is 4. The third-order valence-electron chi connectivity index (χ3n) is 2.44. The van der Waals surface area contributed by atoms with Crippen molar-refractivity contribution >= 4 is 23.6 Å². The van der Waals surface area contributed by atoms with Crippen LogP contribution in [0.1, 0.15) is 42.0 Å². The average Bonchev–Trinajstić information content (AvgIpc) is 2.99. The molecule has 1 saturated heterocycles. The molecule has 0 aliphatic carbocycles. The molecule has 0 atom stereocenters. The number of carbonyl (C=O) groups is 4. The van der Waals surface area contributed by atoms with Crippen molar-refractivity contribution in [1.29, 1.82) is 0 Å². The van der Waals surface area contributed by atoms with E-state index in [-0.39, 0.29) is 149 Å². The van der Waals surface area contributed by atoms with Gasteiger partial charge in [-0.15, -0.1) is 11.8 Å². The van der Waals surface area contributed by atoms with E-state index in [2.05, 4.69) is 11.8 Å². The van der Waals surface area contributed by atoms with Gasteiger partial charge < -0.3 is 46.0 Å². The molecular formula is C23H42N2O4V4-2. The number of likely N-dealkylation sites (tertiary alicyclic amines) is 1. The Labute approximate surface area is 254 Å². The first kappa shape index (κ1) is 76.7. The van der Waals surface area contributed by atoms with Crippen molar-refractivity contribution in [2.24, 2.45) is 0 Å². The average molecular weight is 614 g/mol. The topological polar surface area (TPSA) is 74.8 Å². The Morgan fingerprint density at radius 1 is 0.848 bits per heavy atom. The van der Waals surface area contributed by atoms with Crippen molar-refractivity contribution in [3.63, 3.8) is 0 Å².